The molecule has 0 spiro atoms. The van der Waals surface area contributed by atoms with Crippen LogP contribution in [0.5, 0.6) is 0 Å². The zero-order valence-electron chi connectivity index (χ0n) is 9.62. The van der Waals surface area contributed by atoms with Crippen molar-refractivity contribution in [2.75, 3.05) is 0 Å². The van der Waals surface area contributed by atoms with Crippen LogP contribution in [0.4, 0.5) is 0 Å². The predicted octanol–water partition coefficient (Wildman–Crippen LogP) is 3.16. The van der Waals surface area contributed by atoms with Crippen molar-refractivity contribution in [3.63, 3.8) is 0 Å². The van der Waals surface area contributed by atoms with Gasteiger partial charge in [0.15, 0.2) is 0 Å². The molecule has 5 heteroatoms. The monoisotopic (exact) mass is 280 g/mol. The van der Waals surface area contributed by atoms with Crippen molar-refractivity contribution in [1.29, 1.82) is 0 Å². The van der Waals surface area contributed by atoms with Crippen molar-refractivity contribution >= 4 is 12.3 Å². The molecule has 0 amide bonds. The summed E-state index contributed by atoms with van der Waals surface area (Å²) in [6, 6.07) is 18.0. The second-order valence-corrected chi connectivity index (χ2v) is 3.33. The summed E-state index contributed by atoms with van der Waals surface area (Å²) in [5, 5.41) is 7.26. The van der Waals surface area contributed by atoms with Crippen molar-refractivity contribution in [2.45, 2.75) is 6.54 Å². The summed E-state index contributed by atoms with van der Waals surface area (Å²) < 4.78 is 0. The Kier molecular flexibility index (Phi) is 6.54. The molecule has 0 N–H and O–H groups in total. The van der Waals surface area contributed by atoms with E-state index in [1.807, 2.05) is 54.6 Å². The number of hydrogen-bond donors (Lipinski definition) is 0. The SMILES string of the molecule is C1=NC(=NC[c-]2cccc2)N=N1.[Fe+2].c1cc[cH-]c1. The average molecular weight is 280 g/mol. The van der Waals surface area contributed by atoms with Gasteiger partial charge in [-0.2, -0.15) is 35.3 Å². The maximum atomic E-state index is 4.12. The first-order valence-corrected chi connectivity index (χ1v) is 5.30. The molecule has 0 bridgehead atoms. The maximum Gasteiger partial charge on any atom is 2.00 e. The summed E-state index contributed by atoms with van der Waals surface area (Å²) in [4.78, 5) is 7.95. The molecule has 1 aliphatic rings. The van der Waals surface area contributed by atoms with Gasteiger partial charge in [0.1, 0.15) is 6.34 Å². The molecule has 0 unspecified atom stereocenters. The molecule has 4 nitrogen and oxygen atoms in total. The fourth-order valence-corrected chi connectivity index (χ4v) is 1.26. The van der Waals surface area contributed by atoms with E-state index >= 15 is 0 Å². The largest absolute Gasteiger partial charge is 2.00 e. The van der Waals surface area contributed by atoms with Gasteiger partial charge in [0.2, 0.25) is 0 Å². The Morgan fingerprint density at radius 3 is 2.33 bits per heavy atom. The Bertz CT molecular complexity index is 464. The second kappa shape index (κ2) is 8.28. The van der Waals surface area contributed by atoms with Crippen LogP contribution in [-0.4, -0.2) is 12.3 Å². The van der Waals surface area contributed by atoms with Crippen LogP contribution in [0.2, 0.25) is 0 Å². The minimum Gasteiger partial charge on any atom is -0.256 e. The van der Waals surface area contributed by atoms with Gasteiger partial charge in [-0.05, 0) is 0 Å². The number of aliphatic imine (C=N–C) groups is 2. The smallest absolute Gasteiger partial charge is 0.256 e. The summed E-state index contributed by atoms with van der Waals surface area (Å²) >= 11 is 0. The zero-order chi connectivity index (χ0) is 11.8. The molecule has 0 fully saturated rings. The molecule has 3 rings (SSSR count). The van der Waals surface area contributed by atoms with Crippen LogP contribution in [-0.2, 0) is 23.6 Å². The first kappa shape index (κ1) is 14.2. The third kappa shape index (κ3) is 4.99. The van der Waals surface area contributed by atoms with Gasteiger partial charge in [-0.15, -0.1) is 15.8 Å². The Labute approximate surface area is 116 Å². The van der Waals surface area contributed by atoms with Gasteiger partial charge < -0.3 is 0 Å². The minimum absolute atomic E-state index is 0. The van der Waals surface area contributed by atoms with Crippen molar-refractivity contribution in [3.05, 3.63) is 60.2 Å². The normalized spacial score (nSPS) is 14.1. The van der Waals surface area contributed by atoms with E-state index in [0.717, 1.165) is 0 Å². The van der Waals surface area contributed by atoms with Crippen molar-refractivity contribution in [3.8, 4) is 0 Å². The van der Waals surface area contributed by atoms with Crippen LogP contribution in [0.25, 0.3) is 0 Å². The van der Waals surface area contributed by atoms with Crippen LogP contribution >= 0.6 is 0 Å². The van der Waals surface area contributed by atoms with E-state index in [-0.39, 0.29) is 17.1 Å². The Balaban J connectivity index is 0.000000230. The molecular weight excluding hydrogens is 268 g/mol. The summed E-state index contributed by atoms with van der Waals surface area (Å²) in [7, 11) is 0. The van der Waals surface area contributed by atoms with Crippen LogP contribution in [0, 0.1) is 0 Å². The standard InChI is InChI=1S/C8H7N4.C5H5.Fe/c1-2-4-7(3-1)5-9-8-10-6-11-12-8;1-2-4-5-3-1;/h1-4,6H,5H2;1-5H;/q2*-1;+2. The summed E-state index contributed by atoms with van der Waals surface area (Å²) in [6.45, 7) is 0.624. The molecule has 0 aliphatic carbocycles. The van der Waals surface area contributed by atoms with Gasteiger partial charge in [0.05, 0.1) is 0 Å². The number of nitrogens with zero attached hydrogens (tertiary/aromatic N) is 4. The first-order valence-electron chi connectivity index (χ1n) is 5.30. The molecular formula is C13H12FeN4. The molecule has 2 aromatic rings. The van der Waals surface area contributed by atoms with Crippen LogP contribution in [0.1, 0.15) is 5.56 Å². The van der Waals surface area contributed by atoms with E-state index in [1.54, 1.807) is 0 Å². The fourth-order valence-electron chi connectivity index (χ4n) is 1.26. The Hall–Kier alpha value is -1.84. The van der Waals surface area contributed by atoms with E-state index in [4.69, 9.17) is 0 Å². The molecule has 2 aromatic carbocycles. The van der Waals surface area contributed by atoms with Gasteiger partial charge in [-0.3, -0.25) is 4.99 Å². The maximum absolute atomic E-state index is 4.12. The summed E-state index contributed by atoms with van der Waals surface area (Å²) in [5.74, 6) is 0.455. The first-order chi connectivity index (χ1) is 8.45. The number of rotatable bonds is 2. The molecule has 0 saturated heterocycles. The van der Waals surface area contributed by atoms with E-state index in [0.29, 0.717) is 12.5 Å². The minimum atomic E-state index is 0. The topological polar surface area (TPSA) is 49.4 Å². The number of guanidine groups is 1. The molecule has 0 atom stereocenters. The summed E-state index contributed by atoms with van der Waals surface area (Å²) in [5.41, 5.74) is 1.17. The van der Waals surface area contributed by atoms with Gasteiger partial charge in [0.25, 0.3) is 5.96 Å². The van der Waals surface area contributed by atoms with E-state index in [1.165, 1.54) is 11.9 Å². The third-order valence-corrected chi connectivity index (χ3v) is 2.06. The average Bonchev–Trinajstić information content (AvgIpc) is 3.12. The molecule has 18 heavy (non-hydrogen) atoms. The predicted molar refractivity (Wildman–Crippen MR) is 68.6 cm³/mol. The van der Waals surface area contributed by atoms with Gasteiger partial charge in [-0.25, -0.2) is 24.3 Å². The van der Waals surface area contributed by atoms with Gasteiger partial charge in [0, 0.05) is 6.54 Å². The molecule has 0 aromatic heterocycles. The summed E-state index contributed by atoms with van der Waals surface area (Å²) in [6.07, 6.45) is 1.39. The fraction of sp³-hybridized carbons (Fsp3) is 0.0769. The van der Waals surface area contributed by atoms with Crippen molar-refractivity contribution in [2.24, 2.45) is 20.2 Å². The molecule has 0 saturated carbocycles. The molecule has 1 heterocycles. The van der Waals surface area contributed by atoms with E-state index < -0.39 is 0 Å². The van der Waals surface area contributed by atoms with Crippen LogP contribution in [0.3, 0.4) is 0 Å². The van der Waals surface area contributed by atoms with Crippen LogP contribution in [0.15, 0.2) is 74.8 Å². The zero-order valence-corrected chi connectivity index (χ0v) is 10.7. The molecule has 0 radical (unpaired) electrons. The van der Waals surface area contributed by atoms with Crippen molar-refractivity contribution in [1.82, 2.24) is 0 Å². The van der Waals surface area contributed by atoms with Crippen molar-refractivity contribution < 1.29 is 17.1 Å². The molecule has 92 valence electrons. The third-order valence-electron chi connectivity index (χ3n) is 2.06. The van der Waals surface area contributed by atoms with Crippen LogP contribution < -0.4 is 0 Å². The Morgan fingerprint density at radius 2 is 1.83 bits per heavy atom. The second-order valence-electron chi connectivity index (χ2n) is 3.33. The van der Waals surface area contributed by atoms with E-state index in [9.17, 15) is 0 Å². The van der Waals surface area contributed by atoms with Gasteiger partial charge in [-0.1, -0.05) is 0 Å². The number of azo groups is 1. The number of hydrogen-bond acceptors (Lipinski definition) is 2. The van der Waals surface area contributed by atoms with Gasteiger partial charge >= 0.3 is 17.1 Å². The Morgan fingerprint density at radius 1 is 1.11 bits per heavy atom. The van der Waals surface area contributed by atoms with E-state index in [2.05, 4.69) is 20.2 Å². The molecule has 1 aliphatic heterocycles. The quantitative estimate of drug-likeness (QED) is 0.599.